The molecule has 72 valence electrons. The molecule has 0 radical (unpaired) electrons. The van der Waals surface area contributed by atoms with Gasteiger partial charge in [0.2, 0.25) is 6.29 Å². The zero-order valence-electron chi connectivity index (χ0n) is 7.37. The molecule has 0 fully saturated rings. The first kappa shape index (κ1) is 11.7. The summed E-state index contributed by atoms with van der Waals surface area (Å²) in [6, 6.07) is 0. The molecule has 5 heteroatoms. The van der Waals surface area contributed by atoms with E-state index in [-0.39, 0.29) is 6.42 Å². The summed E-state index contributed by atoms with van der Waals surface area (Å²) in [6.45, 7) is 2.65. The first-order valence-electron chi connectivity index (χ1n) is 3.57. The van der Waals surface area contributed by atoms with Gasteiger partial charge in [0.1, 0.15) is 6.17 Å². The highest BCUT2D eigenvalue weighted by Crippen LogP contribution is 2.12. The van der Waals surface area contributed by atoms with Crippen LogP contribution in [0.2, 0.25) is 0 Å². The van der Waals surface area contributed by atoms with E-state index in [0.29, 0.717) is 0 Å². The molecule has 0 N–H and O–H groups in total. The molecule has 3 nitrogen and oxygen atoms in total. The highest BCUT2D eigenvalue weighted by molar-refractivity contribution is 7.93. The second-order valence-corrected chi connectivity index (χ2v) is 2.84. The molecular weight excluding hydrogens is 183 g/mol. The molecule has 0 bridgehead atoms. The second kappa shape index (κ2) is 6.25. The van der Waals surface area contributed by atoms with Crippen molar-refractivity contribution < 1.29 is 18.1 Å². The summed E-state index contributed by atoms with van der Waals surface area (Å²) in [5, 5.41) is 0. The summed E-state index contributed by atoms with van der Waals surface area (Å²) < 4.78 is 22.0. The lowest BCUT2D eigenvalue weighted by Crippen LogP contribution is -2.20. The maximum Gasteiger partial charge on any atom is 0.304 e. The molecule has 0 aliphatic rings. The SMILES string of the molecule is CSOC(CC(C)F)OC(C)=O. The number of carbonyl (C=O) groups excluding carboxylic acids is 1. The molecule has 2 unspecified atom stereocenters. The average molecular weight is 196 g/mol. The number of esters is 1. The van der Waals surface area contributed by atoms with E-state index in [9.17, 15) is 9.18 Å². The molecule has 2 atom stereocenters. The van der Waals surface area contributed by atoms with Crippen LogP contribution < -0.4 is 0 Å². The van der Waals surface area contributed by atoms with Crippen molar-refractivity contribution in [3.63, 3.8) is 0 Å². The molecule has 0 saturated heterocycles. The van der Waals surface area contributed by atoms with Gasteiger partial charge in [-0.2, -0.15) is 0 Å². The molecule has 0 aliphatic carbocycles. The van der Waals surface area contributed by atoms with Gasteiger partial charge in [-0.3, -0.25) is 8.98 Å². The molecule has 0 spiro atoms. The van der Waals surface area contributed by atoms with E-state index in [1.807, 2.05) is 0 Å². The number of ether oxygens (including phenoxy) is 1. The van der Waals surface area contributed by atoms with Gasteiger partial charge in [-0.05, 0) is 19.0 Å². The van der Waals surface area contributed by atoms with Gasteiger partial charge in [0.15, 0.2) is 0 Å². The smallest absolute Gasteiger partial charge is 0.304 e. The van der Waals surface area contributed by atoms with E-state index in [1.165, 1.54) is 13.8 Å². The molecule has 0 rings (SSSR count). The van der Waals surface area contributed by atoms with Gasteiger partial charge in [-0.25, -0.2) is 4.39 Å². The summed E-state index contributed by atoms with van der Waals surface area (Å²) in [5.41, 5.74) is 0. The van der Waals surface area contributed by atoms with Crippen molar-refractivity contribution in [1.29, 1.82) is 0 Å². The average Bonchev–Trinajstić information content (AvgIpc) is 1.84. The van der Waals surface area contributed by atoms with Crippen LogP contribution in [0.1, 0.15) is 20.3 Å². The van der Waals surface area contributed by atoms with E-state index < -0.39 is 18.4 Å². The Labute approximate surface area is 75.8 Å². The van der Waals surface area contributed by atoms with Crippen LogP contribution in [0.5, 0.6) is 0 Å². The second-order valence-electron chi connectivity index (χ2n) is 2.32. The molecule has 0 aliphatic heterocycles. The van der Waals surface area contributed by atoms with E-state index >= 15 is 0 Å². The normalized spacial score (nSPS) is 15.3. The lowest BCUT2D eigenvalue weighted by Gasteiger charge is -2.15. The van der Waals surface area contributed by atoms with Gasteiger partial charge in [-0.1, -0.05) is 0 Å². The number of halogens is 1. The third-order valence-corrected chi connectivity index (χ3v) is 1.43. The number of hydrogen-bond acceptors (Lipinski definition) is 4. The molecule has 0 amide bonds. The lowest BCUT2D eigenvalue weighted by atomic mass is 10.3. The van der Waals surface area contributed by atoms with Crippen LogP contribution >= 0.6 is 12.0 Å². The van der Waals surface area contributed by atoms with Crippen molar-refractivity contribution in [3.8, 4) is 0 Å². The highest BCUT2D eigenvalue weighted by Gasteiger charge is 2.15. The first-order valence-corrected chi connectivity index (χ1v) is 4.72. The third-order valence-electron chi connectivity index (χ3n) is 1.02. The predicted molar refractivity (Wildman–Crippen MR) is 45.3 cm³/mol. The van der Waals surface area contributed by atoms with Crippen molar-refractivity contribution in [1.82, 2.24) is 0 Å². The Balaban J connectivity index is 3.77. The number of alkyl halides is 1. The Morgan fingerprint density at radius 3 is 2.58 bits per heavy atom. The fraction of sp³-hybridized carbons (Fsp3) is 0.857. The minimum Gasteiger partial charge on any atom is -0.435 e. The molecule has 0 saturated carbocycles. The molecule has 0 aromatic carbocycles. The maximum absolute atomic E-state index is 12.4. The van der Waals surface area contributed by atoms with Gasteiger partial charge in [0, 0.05) is 19.6 Å². The van der Waals surface area contributed by atoms with Crippen molar-refractivity contribution in [2.75, 3.05) is 6.26 Å². The van der Waals surface area contributed by atoms with Gasteiger partial charge >= 0.3 is 5.97 Å². The van der Waals surface area contributed by atoms with E-state index in [2.05, 4.69) is 4.74 Å². The highest BCUT2D eigenvalue weighted by atomic mass is 32.2. The first-order chi connectivity index (χ1) is 5.56. The summed E-state index contributed by atoms with van der Waals surface area (Å²) >= 11 is 1.05. The summed E-state index contributed by atoms with van der Waals surface area (Å²) in [5.74, 6) is -0.463. The molecule has 12 heavy (non-hydrogen) atoms. The van der Waals surface area contributed by atoms with Crippen LogP contribution in [-0.4, -0.2) is 24.7 Å². The standard InChI is InChI=1S/C7H13FO3S/c1-5(8)4-7(11-12-3)10-6(2)9/h5,7H,4H2,1-3H3. The van der Waals surface area contributed by atoms with Gasteiger partial charge in [0.25, 0.3) is 0 Å². The van der Waals surface area contributed by atoms with Gasteiger partial charge < -0.3 is 4.74 Å². The van der Waals surface area contributed by atoms with Crippen LogP contribution in [-0.2, 0) is 13.7 Å². The predicted octanol–water partition coefficient (Wildman–Crippen LogP) is 1.92. The Bertz CT molecular complexity index is 141. The van der Waals surface area contributed by atoms with E-state index in [1.54, 1.807) is 6.26 Å². The maximum atomic E-state index is 12.4. The zero-order chi connectivity index (χ0) is 9.56. The number of hydrogen-bond donors (Lipinski definition) is 0. The van der Waals surface area contributed by atoms with Gasteiger partial charge in [0.05, 0.1) is 0 Å². The summed E-state index contributed by atoms with van der Waals surface area (Å²) in [6.07, 6.45) is -0.0706. The topological polar surface area (TPSA) is 35.5 Å². The van der Waals surface area contributed by atoms with Crippen LogP contribution in [0.4, 0.5) is 4.39 Å². The quantitative estimate of drug-likeness (QED) is 0.382. The van der Waals surface area contributed by atoms with Crippen molar-refractivity contribution in [2.24, 2.45) is 0 Å². The Morgan fingerprint density at radius 1 is 1.67 bits per heavy atom. The van der Waals surface area contributed by atoms with Crippen molar-refractivity contribution in [3.05, 3.63) is 0 Å². The van der Waals surface area contributed by atoms with Crippen LogP contribution in [0.3, 0.4) is 0 Å². The monoisotopic (exact) mass is 196 g/mol. The Morgan fingerprint density at radius 2 is 2.25 bits per heavy atom. The van der Waals surface area contributed by atoms with Crippen molar-refractivity contribution >= 4 is 18.0 Å². The molecule has 0 aromatic rings. The molecule has 0 aromatic heterocycles. The Hall–Kier alpha value is -0.290. The minimum atomic E-state index is -1.04. The van der Waals surface area contributed by atoms with Crippen LogP contribution in [0.15, 0.2) is 0 Å². The number of carbonyl (C=O) groups is 1. The summed E-state index contributed by atoms with van der Waals surface area (Å²) in [7, 11) is 0. The van der Waals surface area contributed by atoms with Crippen LogP contribution in [0.25, 0.3) is 0 Å². The molecular formula is C7H13FO3S. The molecule has 0 heterocycles. The van der Waals surface area contributed by atoms with Crippen LogP contribution in [0, 0.1) is 0 Å². The van der Waals surface area contributed by atoms with Gasteiger partial charge in [-0.15, -0.1) is 0 Å². The zero-order valence-corrected chi connectivity index (χ0v) is 8.19. The largest absolute Gasteiger partial charge is 0.435 e. The Kier molecular flexibility index (Phi) is 6.10. The minimum absolute atomic E-state index is 0.0699. The lowest BCUT2D eigenvalue weighted by molar-refractivity contribution is -0.161. The fourth-order valence-corrected chi connectivity index (χ4v) is 0.997. The third kappa shape index (κ3) is 6.42. The summed E-state index contributed by atoms with van der Waals surface area (Å²) in [4.78, 5) is 10.5. The van der Waals surface area contributed by atoms with E-state index in [0.717, 1.165) is 12.0 Å². The fourth-order valence-electron chi connectivity index (χ4n) is 0.665. The van der Waals surface area contributed by atoms with Crippen molar-refractivity contribution in [2.45, 2.75) is 32.7 Å². The number of rotatable bonds is 5. The van der Waals surface area contributed by atoms with E-state index in [4.69, 9.17) is 4.18 Å².